The van der Waals surface area contributed by atoms with Gasteiger partial charge in [-0.05, 0) is 36.4 Å². The third-order valence-electron chi connectivity index (χ3n) is 4.31. The normalized spacial score (nSPS) is 10.8. The van der Waals surface area contributed by atoms with E-state index in [0.717, 1.165) is 18.5 Å². The Hall–Kier alpha value is -4.21. The van der Waals surface area contributed by atoms with Crippen LogP contribution < -0.4 is 10.6 Å². The first-order chi connectivity index (χ1) is 14.8. The molecule has 0 bridgehead atoms. The van der Waals surface area contributed by atoms with Gasteiger partial charge in [-0.1, -0.05) is 6.07 Å². The number of benzene rings is 3. The minimum Gasteiger partial charge on any atom is -0.443 e. The molecule has 2 N–H and O–H groups in total. The number of nitrogens with zero attached hydrogens (tertiary/aromatic N) is 1. The lowest BCUT2D eigenvalue weighted by Gasteiger charge is -2.12. The van der Waals surface area contributed by atoms with Gasteiger partial charge in [0.1, 0.15) is 11.3 Å². The molecule has 31 heavy (non-hydrogen) atoms. The summed E-state index contributed by atoms with van der Waals surface area (Å²) in [7, 11) is 0. The van der Waals surface area contributed by atoms with Gasteiger partial charge in [-0.3, -0.25) is 4.79 Å². The van der Waals surface area contributed by atoms with Crippen molar-refractivity contribution in [1.82, 2.24) is 4.98 Å². The number of nitrogens with one attached hydrogen (secondary N) is 2. The van der Waals surface area contributed by atoms with E-state index in [9.17, 15) is 27.2 Å². The number of rotatable bonds is 4. The molecular weight excluding hydrogens is 418 g/mol. The Labute approximate surface area is 171 Å². The van der Waals surface area contributed by atoms with E-state index in [1.165, 1.54) is 30.3 Å². The Bertz CT molecular complexity index is 1340. The quantitative estimate of drug-likeness (QED) is 0.263. The average molecular weight is 429 g/mol. The van der Waals surface area contributed by atoms with Crippen molar-refractivity contribution in [2.75, 3.05) is 10.6 Å². The Kier molecular flexibility index (Phi) is 5.12. The van der Waals surface area contributed by atoms with E-state index in [2.05, 4.69) is 10.3 Å². The largest absolute Gasteiger partial charge is 0.443 e. The van der Waals surface area contributed by atoms with Crippen molar-refractivity contribution in [1.29, 1.82) is 0 Å². The van der Waals surface area contributed by atoms with Crippen LogP contribution in [0.1, 0.15) is 15.9 Å². The number of carbonyl (C=O) groups excluding carboxylic acids is 2. The average Bonchev–Trinajstić information content (AvgIpc) is 3.20. The molecule has 1 aromatic heterocycles. The van der Waals surface area contributed by atoms with Crippen molar-refractivity contribution in [2.45, 2.75) is 0 Å². The van der Waals surface area contributed by atoms with Crippen molar-refractivity contribution >= 4 is 34.3 Å². The Balaban J connectivity index is 1.66. The molecule has 156 valence electrons. The van der Waals surface area contributed by atoms with Gasteiger partial charge in [0, 0.05) is 17.3 Å². The minimum atomic E-state index is -1.71. The highest BCUT2D eigenvalue weighted by Gasteiger charge is 2.26. The summed E-state index contributed by atoms with van der Waals surface area (Å²) in [5.41, 5.74) is -1.50. The third kappa shape index (κ3) is 3.95. The predicted octanol–water partition coefficient (Wildman–Crippen LogP) is 5.26. The van der Waals surface area contributed by atoms with Crippen LogP contribution in [-0.2, 0) is 0 Å². The summed E-state index contributed by atoms with van der Waals surface area (Å²) < 4.78 is 61.6. The second-order valence-electron chi connectivity index (χ2n) is 6.36. The number of urea groups is 1. The molecule has 3 aromatic carbocycles. The van der Waals surface area contributed by atoms with Crippen LogP contribution in [0.5, 0.6) is 0 Å². The first-order valence-electron chi connectivity index (χ1n) is 8.72. The first kappa shape index (κ1) is 20.1. The molecule has 0 radical (unpaired) electrons. The fourth-order valence-electron chi connectivity index (χ4n) is 2.89. The van der Waals surface area contributed by atoms with Gasteiger partial charge in [0.25, 0.3) is 0 Å². The summed E-state index contributed by atoms with van der Waals surface area (Å²) in [5, 5.41) is 4.20. The van der Waals surface area contributed by atoms with Crippen LogP contribution in [0.15, 0.2) is 59.3 Å². The van der Waals surface area contributed by atoms with E-state index in [4.69, 9.17) is 4.42 Å². The number of ketones is 1. The van der Waals surface area contributed by atoms with E-state index in [1.54, 1.807) is 0 Å². The summed E-state index contributed by atoms with van der Waals surface area (Å²) in [5.74, 6) is -6.52. The number of oxazole rings is 1. The molecule has 4 aromatic rings. The molecule has 10 heteroatoms. The second-order valence-corrected chi connectivity index (χ2v) is 6.36. The highest BCUT2D eigenvalue weighted by molar-refractivity contribution is 6.11. The maximum absolute atomic E-state index is 14.9. The molecule has 0 saturated heterocycles. The van der Waals surface area contributed by atoms with Crippen molar-refractivity contribution in [3.63, 3.8) is 0 Å². The maximum Gasteiger partial charge on any atom is 0.323 e. The number of aromatic nitrogens is 1. The molecule has 0 aliphatic carbocycles. The summed E-state index contributed by atoms with van der Waals surface area (Å²) in [4.78, 5) is 28.6. The van der Waals surface area contributed by atoms with Gasteiger partial charge < -0.3 is 15.1 Å². The van der Waals surface area contributed by atoms with Gasteiger partial charge in [0.15, 0.2) is 35.2 Å². The Morgan fingerprint density at radius 3 is 2.48 bits per heavy atom. The smallest absolute Gasteiger partial charge is 0.323 e. The lowest BCUT2D eigenvalue weighted by atomic mass is 10.0. The summed E-state index contributed by atoms with van der Waals surface area (Å²) in [6.45, 7) is 0. The molecule has 0 fully saturated rings. The molecule has 4 rings (SSSR count). The highest BCUT2D eigenvalue weighted by atomic mass is 19.2. The van der Waals surface area contributed by atoms with Crippen molar-refractivity contribution in [3.8, 4) is 0 Å². The van der Waals surface area contributed by atoms with Crippen molar-refractivity contribution in [3.05, 3.63) is 89.3 Å². The van der Waals surface area contributed by atoms with Gasteiger partial charge in [0.2, 0.25) is 0 Å². The Morgan fingerprint density at radius 1 is 0.903 bits per heavy atom. The van der Waals surface area contributed by atoms with Gasteiger partial charge >= 0.3 is 6.03 Å². The van der Waals surface area contributed by atoms with Gasteiger partial charge in [-0.15, -0.1) is 0 Å². The minimum absolute atomic E-state index is 0.0395. The number of anilines is 2. The molecule has 2 amide bonds. The summed E-state index contributed by atoms with van der Waals surface area (Å²) in [6.07, 6.45) is 1.13. The molecule has 0 spiro atoms. The van der Waals surface area contributed by atoms with E-state index in [0.29, 0.717) is 11.6 Å². The standard InChI is InChI=1S/C21H11F4N3O3/c22-11-2-1-3-12(7-11)27-21(30)28-15-8-13(23)18(24)17(19(15)25)20(29)10-4-5-16-14(6-10)26-9-31-16/h1-9H,(H2,27,28,30). The van der Waals surface area contributed by atoms with Crippen LogP contribution in [0.2, 0.25) is 0 Å². The number of hydrogen-bond acceptors (Lipinski definition) is 4. The molecule has 6 nitrogen and oxygen atoms in total. The molecule has 0 aliphatic heterocycles. The Morgan fingerprint density at radius 2 is 1.71 bits per heavy atom. The van der Waals surface area contributed by atoms with Crippen LogP contribution in [-0.4, -0.2) is 16.8 Å². The van der Waals surface area contributed by atoms with E-state index in [-0.39, 0.29) is 16.8 Å². The number of fused-ring (bicyclic) bond motifs is 1. The van der Waals surface area contributed by atoms with Gasteiger partial charge in [-0.2, -0.15) is 0 Å². The zero-order valence-corrected chi connectivity index (χ0v) is 15.4. The first-order valence-corrected chi connectivity index (χ1v) is 8.72. The van der Waals surface area contributed by atoms with Crippen molar-refractivity contribution in [2.24, 2.45) is 0 Å². The van der Waals surface area contributed by atoms with Crippen LogP contribution in [0.3, 0.4) is 0 Å². The summed E-state index contributed by atoms with van der Waals surface area (Å²) in [6, 6.07) is 8.01. The molecule has 1 heterocycles. The zero-order valence-electron chi connectivity index (χ0n) is 15.4. The SMILES string of the molecule is O=C(Nc1cccc(F)c1)Nc1cc(F)c(F)c(C(=O)c2ccc3ocnc3c2)c1F. The molecule has 0 aliphatic rings. The second kappa shape index (κ2) is 7.90. The van der Waals surface area contributed by atoms with Gasteiger partial charge in [-0.25, -0.2) is 27.3 Å². The number of halogens is 4. The molecule has 0 atom stereocenters. The molecular formula is C21H11F4N3O3. The summed E-state index contributed by atoms with van der Waals surface area (Å²) >= 11 is 0. The van der Waals surface area contributed by atoms with Crippen LogP contribution >= 0.6 is 0 Å². The number of amides is 2. The molecule has 0 unspecified atom stereocenters. The van der Waals surface area contributed by atoms with Crippen LogP contribution in [0.4, 0.5) is 33.7 Å². The monoisotopic (exact) mass is 429 g/mol. The van der Waals surface area contributed by atoms with E-state index >= 15 is 0 Å². The fraction of sp³-hybridized carbons (Fsp3) is 0. The van der Waals surface area contributed by atoms with Gasteiger partial charge in [0.05, 0.1) is 11.3 Å². The third-order valence-corrected chi connectivity index (χ3v) is 4.31. The lowest BCUT2D eigenvalue weighted by molar-refractivity contribution is 0.103. The predicted molar refractivity (Wildman–Crippen MR) is 103 cm³/mol. The number of hydrogen-bond donors (Lipinski definition) is 2. The van der Waals surface area contributed by atoms with Crippen LogP contribution in [0, 0.1) is 23.3 Å². The van der Waals surface area contributed by atoms with Crippen LogP contribution in [0.25, 0.3) is 11.1 Å². The van der Waals surface area contributed by atoms with E-state index < -0.39 is 46.3 Å². The fourth-order valence-corrected chi connectivity index (χ4v) is 2.89. The highest BCUT2D eigenvalue weighted by Crippen LogP contribution is 2.27. The van der Waals surface area contributed by atoms with E-state index in [1.807, 2.05) is 5.32 Å². The maximum atomic E-state index is 14.9. The zero-order chi connectivity index (χ0) is 22.1. The molecule has 0 saturated carbocycles. The topological polar surface area (TPSA) is 84.2 Å². The van der Waals surface area contributed by atoms with Crippen molar-refractivity contribution < 1.29 is 31.6 Å². The number of carbonyl (C=O) groups is 2. The lowest BCUT2D eigenvalue weighted by Crippen LogP contribution is -2.22.